The number of anilines is 1. The number of carbonyl (C=O) groups excluding carboxylic acids is 2. The number of esters is 1. The van der Waals surface area contributed by atoms with E-state index < -0.39 is 5.97 Å². The number of hydrogen-bond donors (Lipinski definition) is 1. The lowest BCUT2D eigenvalue weighted by Gasteiger charge is -2.08. The smallest absolute Gasteiger partial charge is 0.340 e. The normalized spacial score (nSPS) is 10.4. The van der Waals surface area contributed by atoms with Gasteiger partial charge in [0.2, 0.25) is 5.91 Å². The zero-order chi connectivity index (χ0) is 19.9. The van der Waals surface area contributed by atoms with Crippen LogP contribution in [0.4, 0.5) is 5.69 Å². The Morgan fingerprint density at radius 3 is 2.75 bits per heavy atom. The zero-order valence-corrected chi connectivity index (χ0v) is 15.3. The van der Waals surface area contributed by atoms with Gasteiger partial charge in [0.05, 0.1) is 24.8 Å². The highest BCUT2D eigenvalue weighted by Crippen LogP contribution is 2.23. The summed E-state index contributed by atoms with van der Waals surface area (Å²) in [6.07, 6.45) is 1.33. The van der Waals surface area contributed by atoms with E-state index in [2.05, 4.69) is 20.4 Å². The SMILES string of the molecule is COc1ccccc1NC(=O)Cc1noc(COC(=O)c2ccc(C)nc2)n1. The van der Waals surface area contributed by atoms with E-state index in [1.165, 1.54) is 13.3 Å². The van der Waals surface area contributed by atoms with Gasteiger partial charge in [-0.1, -0.05) is 17.3 Å². The summed E-state index contributed by atoms with van der Waals surface area (Å²) < 4.78 is 15.3. The average molecular weight is 382 g/mol. The third-order valence-electron chi connectivity index (χ3n) is 3.68. The Morgan fingerprint density at radius 1 is 1.18 bits per heavy atom. The number of para-hydroxylation sites is 2. The molecule has 2 aromatic heterocycles. The van der Waals surface area contributed by atoms with Crippen LogP contribution < -0.4 is 10.1 Å². The molecule has 0 fully saturated rings. The van der Waals surface area contributed by atoms with E-state index in [-0.39, 0.29) is 30.7 Å². The summed E-state index contributed by atoms with van der Waals surface area (Å²) in [6, 6.07) is 10.4. The Hall–Kier alpha value is -3.75. The van der Waals surface area contributed by atoms with Crippen molar-refractivity contribution in [3.63, 3.8) is 0 Å². The molecule has 9 heteroatoms. The minimum absolute atomic E-state index is 0.0912. The summed E-state index contributed by atoms with van der Waals surface area (Å²) in [5, 5.41) is 6.44. The molecule has 3 rings (SSSR count). The first-order valence-electron chi connectivity index (χ1n) is 8.39. The second kappa shape index (κ2) is 8.76. The summed E-state index contributed by atoms with van der Waals surface area (Å²) in [5.41, 5.74) is 1.66. The van der Waals surface area contributed by atoms with Crippen LogP contribution in [0.2, 0.25) is 0 Å². The second-order valence-electron chi connectivity index (χ2n) is 5.79. The van der Waals surface area contributed by atoms with Crippen LogP contribution in [0.5, 0.6) is 5.75 Å². The molecule has 1 amide bonds. The molecule has 2 heterocycles. The van der Waals surface area contributed by atoms with Crippen molar-refractivity contribution in [1.82, 2.24) is 15.1 Å². The van der Waals surface area contributed by atoms with Crippen molar-refractivity contribution >= 4 is 17.6 Å². The van der Waals surface area contributed by atoms with Gasteiger partial charge in [-0.2, -0.15) is 4.98 Å². The first-order chi connectivity index (χ1) is 13.5. The number of nitrogens with one attached hydrogen (secondary N) is 1. The minimum atomic E-state index is -0.554. The molecule has 144 valence electrons. The highest BCUT2D eigenvalue weighted by atomic mass is 16.6. The molecule has 0 atom stereocenters. The lowest BCUT2D eigenvalue weighted by atomic mass is 10.2. The first-order valence-corrected chi connectivity index (χ1v) is 8.39. The van der Waals surface area contributed by atoms with Crippen LogP contribution >= 0.6 is 0 Å². The van der Waals surface area contributed by atoms with Gasteiger partial charge in [0.25, 0.3) is 5.89 Å². The van der Waals surface area contributed by atoms with Gasteiger partial charge in [0.1, 0.15) is 5.75 Å². The maximum absolute atomic E-state index is 12.2. The third kappa shape index (κ3) is 4.91. The molecule has 0 unspecified atom stereocenters. The molecule has 0 aliphatic heterocycles. The Balaban J connectivity index is 1.53. The lowest BCUT2D eigenvalue weighted by molar-refractivity contribution is -0.115. The number of hydrogen-bond acceptors (Lipinski definition) is 8. The number of aromatic nitrogens is 3. The summed E-state index contributed by atoms with van der Waals surface area (Å²) in [7, 11) is 1.52. The number of ether oxygens (including phenoxy) is 2. The zero-order valence-electron chi connectivity index (χ0n) is 15.3. The molecule has 1 aromatic carbocycles. The van der Waals surface area contributed by atoms with Crippen LogP contribution in [0.15, 0.2) is 47.1 Å². The van der Waals surface area contributed by atoms with Crippen molar-refractivity contribution in [3.05, 3.63) is 65.6 Å². The van der Waals surface area contributed by atoms with Gasteiger partial charge in [0.15, 0.2) is 12.4 Å². The average Bonchev–Trinajstić information content (AvgIpc) is 3.14. The van der Waals surface area contributed by atoms with E-state index in [4.69, 9.17) is 14.0 Å². The van der Waals surface area contributed by atoms with Gasteiger partial charge in [-0.05, 0) is 31.2 Å². The van der Waals surface area contributed by atoms with Gasteiger partial charge >= 0.3 is 5.97 Å². The molecule has 9 nitrogen and oxygen atoms in total. The van der Waals surface area contributed by atoms with E-state index in [0.29, 0.717) is 17.0 Å². The predicted octanol–water partition coefficient (Wildman–Crippen LogP) is 2.32. The molecule has 0 spiro atoms. The van der Waals surface area contributed by atoms with Gasteiger partial charge in [-0.25, -0.2) is 4.79 Å². The van der Waals surface area contributed by atoms with Crippen molar-refractivity contribution in [2.45, 2.75) is 20.0 Å². The Bertz CT molecular complexity index is 968. The molecule has 28 heavy (non-hydrogen) atoms. The standard InChI is InChI=1S/C19H18N4O5/c1-12-7-8-13(10-20-12)19(25)27-11-18-22-16(23-28-18)9-17(24)21-14-5-3-4-6-15(14)26-2/h3-8,10H,9,11H2,1-2H3,(H,21,24). The maximum atomic E-state index is 12.2. The molecule has 0 saturated carbocycles. The van der Waals surface area contributed by atoms with Crippen molar-refractivity contribution in [2.75, 3.05) is 12.4 Å². The molecule has 0 aliphatic rings. The van der Waals surface area contributed by atoms with Crippen LogP contribution in [-0.4, -0.2) is 34.1 Å². The first kappa shape index (κ1) is 19.0. The molecule has 0 aliphatic carbocycles. The van der Waals surface area contributed by atoms with Crippen molar-refractivity contribution < 1.29 is 23.6 Å². The third-order valence-corrected chi connectivity index (χ3v) is 3.68. The Morgan fingerprint density at radius 2 is 2.00 bits per heavy atom. The molecular weight excluding hydrogens is 364 g/mol. The Kier molecular flexibility index (Phi) is 5.95. The van der Waals surface area contributed by atoms with Crippen molar-refractivity contribution in [3.8, 4) is 5.75 Å². The molecule has 1 N–H and O–H groups in total. The molecule has 0 radical (unpaired) electrons. The topological polar surface area (TPSA) is 116 Å². The van der Waals surface area contributed by atoms with E-state index >= 15 is 0 Å². The van der Waals surface area contributed by atoms with Gasteiger partial charge in [0, 0.05) is 11.9 Å². The van der Waals surface area contributed by atoms with E-state index in [9.17, 15) is 9.59 Å². The minimum Gasteiger partial charge on any atom is -0.495 e. The predicted molar refractivity (Wildman–Crippen MR) is 97.7 cm³/mol. The number of nitrogens with zero attached hydrogens (tertiary/aromatic N) is 3. The molecule has 0 saturated heterocycles. The summed E-state index contributed by atoms with van der Waals surface area (Å²) in [5.74, 6) is -0.0770. The lowest BCUT2D eigenvalue weighted by Crippen LogP contribution is -2.15. The monoisotopic (exact) mass is 382 g/mol. The summed E-state index contributed by atoms with van der Waals surface area (Å²) in [4.78, 5) is 32.2. The highest BCUT2D eigenvalue weighted by Gasteiger charge is 2.15. The molecule has 0 bridgehead atoms. The number of aryl methyl sites for hydroxylation is 1. The highest BCUT2D eigenvalue weighted by molar-refractivity contribution is 5.93. The van der Waals surface area contributed by atoms with Crippen LogP contribution in [0.3, 0.4) is 0 Å². The van der Waals surface area contributed by atoms with E-state index in [0.717, 1.165) is 5.69 Å². The second-order valence-corrected chi connectivity index (χ2v) is 5.79. The van der Waals surface area contributed by atoms with E-state index in [1.807, 2.05) is 6.92 Å². The summed E-state index contributed by atoms with van der Waals surface area (Å²) in [6.45, 7) is 1.62. The van der Waals surface area contributed by atoms with E-state index in [1.54, 1.807) is 36.4 Å². The maximum Gasteiger partial charge on any atom is 0.340 e. The van der Waals surface area contributed by atoms with Gasteiger partial charge in [-0.3, -0.25) is 9.78 Å². The van der Waals surface area contributed by atoms with Crippen LogP contribution in [-0.2, 0) is 22.6 Å². The van der Waals surface area contributed by atoms with Gasteiger partial charge in [-0.15, -0.1) is 0 Å². The van der Waals surface area contributed by atoms with Crippen LogP contribution in [0.25, 0.3) is 0 Å². The fraction of sp³-hybridized carbons (Fsp3) is 0.211. The fourth-order valence-corrected chi connectivity index (χ4v) is 2.31. The summed E-state index contributed by atoms with van der Waals surface area (Å²) >= 11 is 0. The number of carbonyl (C=O) groups is 2. The number of pyridine rings is 1. The fourth-order valence-electron chi connectivity index (χ4n) is 2.31. The van der Waals surface area contributed by atoms with Crippen LogP contribution in [0, 0.1) is 6.92 Å². The van der Waals surface area contributed by atoms with Gasteiger partial charge < -0.3 is 19.3 Å². The molecular formula is C19H18N4O5. The number of benzene rings is 1. The Labute approximate surface area is 160 Å². The number of amides is 1. The van der Waals surface area contributed by atoms with Crippen molar-refractivity contribution in [2.24, 2.45) is 0 Å². The number of rotatable bonds is 7. The molecule has 3 aromatic rings. The quantitative estimate of drug-likeness (QED) is 0.619. The van der Waals surface area contributed by atoms with Crippen LogP contribution in [0.1, 0.15) is 27.8 Å². The number of methoxy groups -OCH3 is 1. The largest absolute Gasteiger partial charge is 0.495 e. The van der Waals surface area contributed by atoms with Crippen molar-refractivity contribution in [1.29, 1.82) is 0 Å².